The molecule has 5 aromatic rings. The molecule has 3 aromatic heterocycles. The largest absolute Gasteiger partial charge is 0.485 e. The number of nitrogens with zero attached hydrogens (tertiary/aromatic N) is 4. The lowest BCUT2D eigenvalue weighted by Gasteiger charge is -2.12. The lowest BCUT2D eigenvalue weighted by molar-refractivity contribution is -0.137. The van der Waals surface area contributed by atoms with Crippen molar-refractivity contribution in [3.8, 4) is 22.7 Å². The van der Waals surface area contributed by atoms with Crippen molar-refractivity contribution in [1.29, 1.82) is 0 Å². The third-order valence-corrected chi connectivity index (χ3v) is 6.11. The summed E-state index contributed by atoms with van der Waals surface area (Å²) in [6.45, 7) is 3.61. The molecule has 6 nitrogen and oxygen atoms in total. The van der Waals surface area contributed by atoms with E-state index in [1.807, 2.05) is 25.1 Å². The predicted octanol–water partition coefficient (Wildman–Crippen LogP) is 6.42. The van der Waals surface area contributed by atoms with Gasteiger partial charge in [-0.3, -0.25) is 9.20 Å². The number of aryl methyl sites for hydroxylation is 2. The first-order valence-electron chi connectivity index (χ1n) is 11.3. The maximum absolute atomic E-state index is 13.5. The Hall–Kier alpha value is -4.11. The number of halogens is 4. The van der Waals surface area contributed by atoms with Gasteiger partial charge in [0.1, 0.15) is 12.3 Å². The quantitative estimate of drug-likeness (QED) is 0.266. The molecule has 0 fully saturated rings. The number of benzene rings is 2. The highest BCUT2D eigenvalue weighted by Crippen LogP contribution is 2.30. The Bertz CT molecular complexity index is 1670. The summed E-state index contributed by atoms with van der Waals surface area (Å²) < 4.78 is 47.4. The topological polar surface area (TPSA) is 61.4 Å². The fourth-order valence-corrected chi connectivity index (χ4v) is 4.25. The van der Waals surface area contributed by atoms with Crippen LogP contribution in [0.1, 0.15) is 22.5 Å². The minimum Gasteiger partial charge on any atom is -0.485 e. The van der Waals surface area contributed by atoms with Gasteiger partial charge in [-0.15, -0.1) is 0 Å². The second-order valence-electron chi connectivity index (χ2n) is 8.49. The van der Waals surface area contributed by atoms with Crippen molar-refractivity contribution < 1.29 is 17.9 Å². The molecule has 0 aliphatic rings. The number of alkyl halides is 3. The van der Waals surface area contributed by atoms with Crippen molar-refractivity contribution in [2.24, 2.45) is 0 Å². The van der Waals surface area contributed by atoms with Crippen LogP contribution in [0.2, 0.25) is 5.02 Å². The lowest BCUT2D eigenvalue weighted by Crippen LogP contribution is -2.19. The standard InChI is InChI=1S/C27H20ClF3N4O2/c1-16-13-22(33-35(16)21-6-3-5-20(28)14-21)24-17(2)32-25-23(7-4-12-34(25)26(24)36)37-15-18-8-10-19(11-9-18)27(29,30)31/h3-14H,15H2,1-2H3. The van der Waals surface area contributed by atoms with Crippen LogP contribution in [-0.2, 0) is 12.8 Å². The molecule has 2 aromatic carbocycles. The first-order chi connectivity index (χ1) is 17.6. The van der Waals surface area contributed by atoms with Crippen molar-refractivity contribution >= 4 is 17.2 Å². The minimum atomic E-state index is -4.40. The van der Waals surface area contributed by atoms with Crippen LogP contribution in [-0.4, -0.2) is 19.2 Å². The van der Waals surface area contributed by atoms with Crippen molar-refractivity contribution in [2.75, 3.05) is 0 Å². The zero-order valence-electron chi connectivity index (χ0n) is 19.8. The van der Waals surface area contributed by atoms with Gasteiger partial charge in [-0.1, -0.05) is 29.8 Å². The number of hydrogen-bond acceptors (Lipinski definition) is 4. The fraction of sp³-hybridized carbons (Fsp3) is 0.148. The maximum Gasteiger partial charge on any atom is 0.416 e. The molecule has 0 spiro atoms. The zero-order valence-corrected chi connectivity index (χ0v) is 20.5. The van der Waals surface area contributed by atoms with Crippen LogP contribution >= 0.6 is 11.6 Å². The molecule has 188 valence electrons. The molecule has 0 saturated carbocycles. The van der Waals surface area contributed by atoms with E-state index in [0.29, 0.717) is 38.9 Å². The SMILES string of the molecule is Cc1nc2c(OCc3ccc(C(F)(F)F)cc3)cccn2c(=O)c1-c1cc(C)n(-c2cccc(Cl)c2)n1. The summed E-state index contributed by atoms with van der Waals surface area (Å²) in [5.74, 6) is 0.329. The molecule has 3 heterocycles. The normalized spacial score (nSPS) is 11.7. The van der Waals surface area contributed by atoms with Gasteiger partial charge >= 0.3 is 6.18 Å². The molecule has 0 aliphatic heterocycles. The molecule has 10 heteroatoms. The van der Waals surface area contributed by atoms with Gasteiger partial charge in [0, 0.05) is 16.9 Å². The van der Waals surface area contributed by atoms with Gasteiger partial charge in [-0.05, 0) is 67.9 Å². The zero-order chi connectivity index (χ0) is 26.3. The van der Waals surface area contributed by atoms with Crippen LogP contribution in [0, 0.1) is 13.8 Å². The highest BCUT2D eigenvalue weighted by Gasteiger charge is 2.30. The van der Waals surface area contributed by atoms with Crippen molar-refractivity contribution in [3.63, 3.8) is 0 Å². The number of hydrogen-bond donors (Lipinski definition) is 0. The second kappa shape index (κ2) is 9.40. The maximum atomic E-state index is 13.5. The summed E-state index contributed by atoms with van der Waals surface area (Å²) in [5, 5.41) is 5.21. The van der Waals surface area contributed by atoms with E-state index < -0.39 is 11.7 Å². The molecule has 0 radical (unpaired) electrons. The molecule has 0 atom stereocenters. The number of aromatic nitrogens is 4. The summed E-state index contributed by atoms with van der Waals surface area (Å²) in [5.41, 5.74) is 2.66. The van der Waals surface area contributed by atoms with Gasteiger partial charge in [0.05, 0.1) is 22.5 Å². The van der Waals surface area contributed by atoms with Crippen molar-refractivity contribution in [1.82, 2.24) is 19.2 Å². The van der Waals surface area contributed by atoms with Crippen LogP contribution in [0.3, 0.4) is 0 Å². The van der Waals surface area contributed by atoms with E-state index in [-0.39, 0.29) is 12.2 Å². The van der Waals surface area contributed by atoms with Crippen LogP contribution < -0.4 is 10.3 Å². The average molecular weight is 525 g/mol. The summed E-state index contributed by atoms with van der Waals surface area (Å²) in [6.07, 6.45) is -2.82. The molecular weight excluding hydrogens is 505 g/mol. The van der Waals surface area contributed by atoms with Crippen LogP contribution in [0.15, 0.2) is 77.7 Å². The summed E-state index contributed by atoms with van der Waals surface area (Å²) in [7, 11) is 0. The molecule has 5 rings (SSSR count). The van der Waals surface area contributed by atoms with Crippen LogP contribution in [0.5, 0.6) is 5.75 Å². The third-order valence-electron chi connectivity index (χ3n) is 5.87. The Labute approximate surface area is 214 Å². The van der Waals surface area contributed by atoms with E-state index in [9.17, 15) is 18.0 Å². The number of rotatable bonds is 5. The van der Waals surface area contributed by atoms with Gasteiger partial charge in [0.2, 0.25) is 0 Å². The van der Waals surface area contributed by atoms with E-state index >= 15 is 0 Å². The van der Waals surface area contributed by atoms with Gasteiger partial charge < -0.3 is 4.74 Å². The van der Waals surface area contributed by atoms with Gasteiger partial charge in [-0.2, -0.15) is 18.3 Å². The monoisotopic (exact) mass is 524 g/mol. The van der Waals surface area contributed by atoms with Crippen LogP contribution in [0.25, 0.3) is 22.6 Å². The number of ether oxygens (including phenoxy) is 1. The Kier molecular flexibility index (Phi) is 6.25. The predicted molar refractivity (Wildman–Crippen MR) is 134 cm³/mol. The fourth-order valence-electron chi connectivity index (χ4n) is 4.07. The van der Waals surface area contributed by atoms with Gasteiger partial charge in [0.25, 0.3) is 5.56 Å². The molecule has 0 N–H and O–H groups in total. The molecule has 0 unspecified atom stereocenters. The Balaban J connectivity index is 1.49. The van der Waals surface area contributed by atoms with E-state index in [1.165, 1.54) is 16.5 Å². The highest BCUT2D eigenvalue weighted by atomic mass is 35.5. The van der Waals surface area contributed by atoms with E-state index in [1.54, 1.807) is 42.1 Å². The van der Waals surface area contributed by atoms with E-state index in [2.05, 4.69) is 10.1 Å². The van der Waals surface area contributed by atoms with Crippen molar-refractivity contribution in [3.05, 3.63) is 111 Å². The summed E-state index contributed by atoms with van der Waals surface area (Å²) in [4.78, 5) is 18.1. The summed E-state index contributed by atoms with van der Waals surface area (Å²) in [6, 6.07) is 17.1. The van der Waals surface area contributed by atoms with Crippen molar-refractivity contribution in [2.45, 2.75) is 26.6 Å². The first-order valence-corrected chi connectivity index (χ1v) is 11.6. The molecule has 0 saturated heterocycles. The minimum absolute atomic E-state index is 0.0116. The van der Waals surface area contributed by atoms with E-state index in [0.717, 1.165) is 23.5 Å². The number of pyridine rings is 1. The Morgan fingerprint density at radius 2 is 1.76 bits per heavy atom. The molecule has 0 amide bonds. The average Bonchev–Trinajstić information content (AvgIpc) is 3.23. The Morgan fingerprint density at radius 3 is 2.46 bits per heavy atom. The molecule has 0 aliphatic carbocycles. The number of fused-ring (bicyclic) bond motifs is 1. The first kappa shape index (κ1) is 24.6. The highest BCUT2D eigenvalue weighted by molar-refractivity contribution is 6.30. The Morgan fingerprint density at radius 1 is 1.00 bits per heavy atom. The van der Waals surface area contributed by atoms with Gasteiger partial charge in [-0.25, -0.2) is 9.67 Å². The van der Waals surface area contributed by atoms with Gasteiger partial charge in [0.15, 0.2) is 11.4 Å². The third kappa shape index (κ3) is 4.82. The molecular formula is C27H20ClF3N4O2. The smallest absolute Gasteiger partial charge is 0.416 e. The van der Waals surface area contributed by atoms with E-state index in [4.69, 9.17) is 16.3 Å². The second-order valence-corrected chi connectivity index (χ2v) is 8.93. The molecule has 37 heavy (non-hydrogen) atoms. The lowest BCUT2D eigenvalue weighted by atomic mass is 10.1. The van der Waals surface area contributed by atoms with Crippen LogP contribution in [0.4, 0.5) is 13.2 Å². The molecule has 0 bridgehead atoms. The summed E-state index contributed by atoms with van der Waals surface area (Å²) >= 11 is 6.13.